The summed E-state index contributed by atoms with van der Waals surface area (Å²) >= 11 is 7.52. The van der Waals surface area contributed by atoms with Crippen LogP contribution in [0.2, 0.25) is 5.15 Å². The van der Waals surface area contributed by atoms with Gasteiger partial charge in [-0.2, -0.15) is 11.8 Å². The minimum atomic E-state index is -0.181. The third-order valence-corrected chi connectivity index (χ3v) is 3.12. The monoisotopic (exact) mass is 245 g/mol. The van der Waals surface area contributed by atoms with E-state index < -0.39 is 0 Å². The standard InChI is InChI=1S/C10H12ClNO2S/c1-14-9(13)4-6-15-7-8-3-2-5-12-10(8)11/h2-3,5H,4,6-7H2,1H3. The van der Waals surface area contributed by atoms with Crippen molar-refractivity contribution in [3.63, 3.8) is 0 Å². The van der Waals surface area contributed by atoms with E-state index in [1.54, 1.807) is 18.0 Å². The fraction of sp³-hybridized carbons (Fsp3) is 0.400. The lowest BCUT2D eigenvalue weighted by Gasteiger charge is -2.02. The summed E-state index contributed by atoms with van der Waals surface area (Å²) in [4.78, 5) is 14.8. The van der Waals surface area contributed by atoms with E-state index in [4.69, 9.17) is 11.6 Å². The molecule has 1 aromatic rings. The van der Waals surface area contributed by atoms with E-state index in [1.807, 2.05) is 12.1 Å². The van der Waals surface area contributed by atoms with Crippen molar-refractivity contribution in [2.24, 2.45) is 0 Å². The van der Waals surface area contributed by atoms with E-state index in [9.17, 15) is 4.79 Å². The van der Waals surface area contributed by atoms with Gasteiger partial charge in [0, 0.05) is 17.7 Å². The normalized spacial score (nSPS) is 10.0. The van der Waals surface area contributed by atoms with Crippen LogP contribution in [0.4, 0.5) is 0 Å². The van der Waals surface area contributed by atoms with Crippen LogP contribution in [0.5, 0.6) is 0 Å². The second-order valence-corrected chi connectivity index (χ2v) is 4.30. The Morgan fingerprint density at radius 2 is 2.47 bits per heavy atom. The molecule has 0 aliphatic heterocycles. The first-order valence-electron chi connectivity index (χ1n) is 4.48. The maximum atomic E-state index is 10.8. The number of methoxy groups -OCH3 is 1. The van der Waals surface area contributed by atoms with Crippen molar-refractivity contribution in [3.8, 4) is 0 Å². The molecule has 82 valence electrons. The number of nitrogens with zero attached hydrogens (tertiary/aromatic N) is 1. The molecule has 0 spiro atoms. The Morgan fingerprint density at radius 3 is 3.13 bits per heavy atom. The minimum absolute atomic E-state index is 0.181. The highest BCUT2D eigenvalue weighted by Crippen LogP contribution is 2.18. The largest absolute Gasteiger partial charge is 0.469 e. The number of hydrogen-bond acceptors (Lipinski definition) is 4. The van der Waals surface area contributed by atoms with Crippen LogP contribution in [0.3, 0.4) is 0 Å². The number of halogens is 1. The van der Waals surface area contributed by atoms with Gasteiger partial charge in [-0.1, -0.05) is 17.7 Å². The van der Waals surface area contributed by atoms with Crippen LogP contribution in [0.25, 0.3) is 0 Å². The number of rotatable bonds is 5. The number of ether oxygens (including phenoxy) is 1. The zero-order chi connectivity index (χ0) is 11.1. The zero-order valence-corrected chi connectivity index (χ0v) is 9.98. The van der Waals surface area contributed by atoms with Gasteiger partial charge in [-0.3, -0.25) is 4.79 Å². The molecule has 1 rings (SSSR count). The molecule has 5 heteroatoms. The average Bonchev–Trinajstić information content (AvgIpc) is 2.26. The summed E-state index contributed by atoms with van der Waals surface area (Å²) in [6.45, 7) is 0. The van der Waals surface area contributed by atoms with Crippen molar-refractivity contribution < 1.29 is 9.53 Å². The molecule has 0 aliphatic rings. The zero-order valence-electron chi connectivity index (χ0n) is 8.40. The fourth-order valence-electron chi connectivity index (χ4n) is 0.967. The number of carbonyl (C=O) groups is 1. The minimum Gasteiger partial charge on any atom is -0.469 e. The lowest BCUT2D eigenvalue weighted by molar-refractivity contribution is -0.140. The van der Waals surface area contributed by atoms with Gasteiger partial charge in [0.25, 0.3) is 0 Å². The highest BCUT2D eigenvalue weighted by molar-refractivity contribution is 7.98. The molecule has 0 fully saturated rings. The van der Waals surface area contributed by atoms with Crippen LogP contribution in [0.15, 0.2) is 18.3 Å². The fourth-order valence-corrected chi connectivity index (χ4v) is 2.14. The molecule has 0 aromatic carbocycles. The number of hydrogen-bond donors (Lipinski definition) is 0. The van der Waals surface area contributed by atoms with Crippen LogP contribution in [-0.4, -0.2) is 23.8 Å². The predicted molar refractivity (Wildman–Crippen MR) is 62.0 cm³/mol. The first kappa shape index (κ1) is 12.3. The number of carbonyl (C=O) groups excluding carboxylic acids is 1. The lowest BCUT2D eigenvalue weighted by Crippen LogP contribution is -2.01. The predicted octanol–water partition coefficient (Wildman–Crippen LogP) is 2.53. The van der Waals surface area contributed by atoms with Gasteiger partial charge in [0.1, 0.15) is 5.15 Å². The Kier molecular flexibility index (Phi) is 5.50. The summed E-state index contributed by atoms with van der Waals surface area (Å²) in [5.41, 5.74) is 0.994. The van der Waals surface area contributed by atoms with E-state index >= 15 is 0 Å². The molecule has 0 saturated heterocycles. The molecular formula is C10H12ClNO2S. The Hall–Kier alpha value is -0.740. The summed E-state index contributed by atoms with van der Waals surface area (Å²) in [6.07, 6.45) is 2.09. The van der Waals surface area contributed by atoms with Crippen LogP contribution >= 0.6 is 23.4 Å². The molecule has 1 heterocycles. The SMILES string of the molecule is COC(=O)CCSCc1cccnc1Cl. The van der Waals surface area contributed by atoms with Crippen molar-refractivity contribution in [2.45, 2.75) is 12.2 Å². The Morgan fingerprint density at radius 1 is 1.67 bits per heavy atom. The first-order chi connectivity index (χ1) is 7.24. The Labute approximate surface area is 98.2 Å². The number of thioether (sulfide) groups is 1. The van der Waals surface area contributed by atoms with Crippen LogP contribution in [0, 0.1) is 0 Å². The van der Waals surface area contributed by atoms with Crippen molar-refractivity contribution in [3.05, 3.63) is 29.0 Å². The van der Waals surface area contributed by atoms with Gasteiger partial charge >= 0.3 is 5.97 Å². The summed E-state index contributed by atoms with van der Waals surface area (Å²) in [6, 6.07) is 3.78. The maximum Gasteiger partial charge on any atom is 0.306 e. The summed E-state index contributed by atoms with van der Waals surface area (Å²) in [5, 5.41) is 0.531. The third-order valence-electron chi connectivity index (χ3n) is 1.77. The van der Waals surface area contributed by atoms with Crippen LogP contribution < -0.4 is 0 Å². The summed E-state index contributed by atoms with van der Waals surface area (Å²) in [7, 11) is 1.39. The van der Waals surface area contributed by atoms with Gasteiger partial charge in [0.2, 0.25) is 0 Å². The molecule has 1 aromatic heterocycles. The molecule has 0 atom stereocenters. The number of pyridine rings is 1. The van der Waals surface area contributed by atoms with Gasteiger partial charge in [-0.15, -0.1) is 0 Å². The quantitative estimate of drug-likeness (QED) is 0.454. The molecule has 0 radical (unpaired) electrons. The highest BCUT2D eigenvalue weighted by atomic mass is 35.5. The summed E-state index contributed by atoms with van der Waals surface area (Å²) < 4.78 is 4.54. The van der Waals surface area contributed by atoms with Crippen molar-refractivity contribution in [1.82, 2.24) is 4.98 Å². The molecule has 0 bridgehead atoms. The van der Waals surface area contributed by atoms with Crippen molar-refractivity contribution in [2.75, 3.05) is 12.9 Å². The average molecular weight is 246 g/mol. The van der Waals surface area contributed by atoms with E-state index in [0.29, 0.717) is 11.6 Å². The first-order valence-corrected chi connectivity index (χ1v) is 6.01. The second-order valence-electron chi connectivity index (χ2n) is 2.83. The topological polar surface area (TPSA) is 39.2 Å². The van der Waals surface area contributed by atoms with Gasteiger partial charge in [0.05, 0.1) is 13.5 Å². The molecular weight excluding hydrogens is 234 g/mol. The highest BCUT2D eigenvalue weighted by Gasteiger charge is 2.02. The number of esters is 1. The molecule has 3 nitrogen and oxygen atoms in total. The summed E-state index contributed by atoms with van der Waals surface area (Å²) in [5.74, 6) is 1.32. The Bertz CT molecular complexity index is 333. The van der Waals surface area contributed by atoms with E-state index in [0.717, 1.165) is 17.1 Å². The van der Waals surface area contributed by atoms with E-state index in [1.165, 1.54) is 7.11 Å². The lowest BCUT2D eigenvalue weighted by atomic mass is 10.3. The molecule has 0 N–H and O–H groups in total. The van der Waals surface area contributed by atoms with Gasteiger partial charge in [-0.25, -0.2) is 4.98 Å². The van der Waals surface area contributed by atoms with Crippen molar-refractivity contribution in [1.29, 1.82) is 0 Å². The number of aromatic nitrogens is 1. The second kappa shape index (κ2) is 6.69. The molecule has 0 aliphatic carbocycles. The van der Waals surface area contributed by atoms with E-state index in [2.05, 4.69) is 9.72 Å². The van der Waals surface area contributed by atoms with Gasteiger partial charge in [-0.05, 0) is 11.6 Å². The van der Waals surface area contributed by atoms with Gasteiger partial charge in [0.15, 0.2) is 0 Å². The van der Waals surface area contributed by atoms with Crippen LogP contribution in [-0.2, 0) is 15.3 Å². The third kappa shape index (κ3) is 4.53. The molecule has 0 amide bonds. The molecule has 0 saturated carbocycles. The van der Waals surface area contributed by atoms with Crippen LogP contribution in [0.1, 0.15) is 12.0 Å². The smallest absolute Gasteiger partial charge is 0.306 e. The molecule has 0 unspecified atom stereocenters. The van der Waals surface area contributed by atoms with Gasteiger partial charge < -0.3 is 4.74 Å². The molecule has 15 heavy (non-hydrogen) atoms. The van der Waals surface area contributed by atoms with Crippen molar-refractivity contribution >= 4 is 29.3 Å². The Balaban J connectivity index is 2.26. The maximum absolute atomic E-state index is 10.8. The van der Waals surface area contributed by atoms with E-state index in [-0.39, 0.29) is 5.97 Å².